The molecule has 0 radical (unpaired) electrons. The molecule has 4 unspecified atom stereocenters. The van der Waals surface area contributed by atoms with Crippen molar-refractivity contribution >= 4 is 5.97 Å². The topological polar surface area (TPSA) is 26.3 Å². The zero-order chi connectivity index (χ0) is 30.9. The smallest absolute Gasteiger partial charge is 0.306 e. The van der Waals surface area contributed by atoms with Gasteiger partial charge in [0.2, 0.25) is 0 Å². The van der Waals surface area contributed by atoms with E-state index in [-0.39, 0.29) is 12.1 Å². The van der Waals surface area contributed by atoms with Crippen molar-refractivity contribution in [2.75, 3.05) is 0 Å². The van der Waals surface area contributed by atoms with Crippen molar-refractivity contribution in [1.29, 1.82) is 0 Å². The molecule has 0 aromatic rings. The summed E-state index contributed by atoms with van der Waals surface area (Å²) in [6, 6.07) is 0. The molecule has 3 saturated carbocycles. The summed E-state index contributed by atoms with van der Waals surface area (Å²) >= 11 is 0. The summed E-state index contributed by atoms with van der Waals surface area (Å²) < 4.78 is 6.10. The Hall–Kier alpha value is -1.05. The molecule has 246 valence electrons. The average Bonchev–Trinajstić information content (AvgIpc) is 3.33. The van der Waals surface area contributed by atoms with E-state index in [0.717, 1.165) is 61.2 Å². The molecule has 0 N–H and O–H groups in total. The van der Waals surface area contributed by atoms with Gasteiger partial charge in [-0.25, -0.2) is 0 Å². The molecule has 0 spiro atoms. The van der Waals surface area contributed by atoms with Crippen molar-refractivity contribution in [1.82, 2.24) is 0 Å². The normalized spacial score (nSPS) is 34.5. The minimum absolute atomic E-state index is 0.0506. The van der Waals surface area contributed by atoms with Crippen molar-refractivity contribution in [2.24, 2.45) is 46.3 Å². The summed E-state index contributed by atoms with van der Waals surface area (Å²) in [5.41, 5.74) is 2.53. The second-order valence-electron chi connectivity index (χ2n) is 16.6. The summed E-state index contributed by atoms with van der Waals surface area (Å²) in [4.78, 5) is 12.7. The Bertz CT molecular complexity index is 915. The Balaban J connectivity index is 1.20. The van der Waals surface area contributed by atoms with Crippen LogP contribution in [-0.4, -0.2) is 12.1 Å². The molecule has 0 amide bonds. The van der Waals surface area contributed by atoms with Crippen LogP contribution in [0.5, 0.6) is 0 Å². The van der Waals surface area contributed by atoms with Crippen molar-refractivity contribution in [3.05, 3.63) is 23.8 Å². The van der Waals surface area contributed by atoms with E-state index in [4.69, 9.17) is 4.74 Å². The predicted octanol–water partition coefficient (Wildman–Crippen LogP) is 12.4. The maximum atomic E-state index is 12.7. The van der Waals surface area contributed by atoms with Crippen LogP contribution in [0, 0.1) is 46.3 Å². The van der Waals surface area contributed by atoms with Crippen molar-refractivity contribution in [3.8, 4) is 0 Å². The number of hydrogen-bond donors (Lipinski definition) is 0. The second-order valence-corrected chi connectivity index (χ2v) is 16.6. The van der Waals surface area contributed by atoms with Crippen LogP contribution in [0.25, 0.3) is 0 Å². The van der Waals surface area contributed by atoms with Crippen molar-refractivity contribution in [3.63, 3.8) is 0 Å². The standard InChI is InChI=1S/C41H70O2/c1-7-8-9-10-11-12-13-14-15-16-17-21-39(42)43-34-26-28-40(5)33(30-34)22-23-35-37-25-24-36(32(4)20-18-19-31(2)3)41(37,6)29-27-38(35)40/h10-11,22,31-32,34-38H,7-9,12-21,23-30H2,1-6H3/t32-,34+,35?,36?,37?,38?,40+,41-/m1/s1. The van der Waals surface area contributed by atoms with E-state index in [2.05, 4.69) is 59.8 Å². The molecule has 0 aromatic heterocycles. The number of hydrogen-bond acceptors (Lipinski definition) is 2. The van der Waals surface area contributed by atoms with E-state index in [1.807, 2.05) is 0 Å². The number of unbranched alkanes of at least 4 members (excludes halogenated alkanes) is 7. The van der Waals surface area contributed by atoms with Gasteiger partial charge in [0, 0.05) is 12.8 Å². The Kier molecular flexibility index (Phi) is 13.4. The van der Waals surface area contributed by atoms with Gasteiger partial charge in [-0.2, -0.15) is 0 Å². The van der Waals surface area contributed by atoms with Crippen LogP contribution >= 0.6 is 0 Å². The minimum Gasteiger partial charge on any atom is -0.462 e. The summed E-state index contributed by atoms with van der Waals surface area (Å²) in [7, 11) is 0. The molecule has 2 nitrogen and oxygen atoms in total. The first-order valence-corrected chi connectivity index (χ1v) is 19.2. The maximum Gasteiger partial charge on any atom is 0.306 e. The first kappa shape index (κ1) is 34.8. The fourth-order valence-corrected chi connectivity index (χ4v) is 10.6. The lowest BCUT2D eigenvalue weighted by Gasteiger charge is -2.58. The van der Waals surface area contributed by atoms with E-state index in [9.17, 15) is 4.79 Å². The second kappa shape index (κ2) is 16.5. The molecule has 4 rings (SSSR count). The Morgan fingerprint density at radius 1 is 0.884 bits per heavy atom. The number of ether oxygens (including phenoxy) is 1. The molecular formula is C41H70O2. The van der Waals surface area contributed by atoms with Gasteiger partial charge >= 0.3 is 5.97 Å². The van der Waals surface area contributed by atoms with E-state index in [1.54, 1.807) is 5.57 Å². The van der Waals surface area contributed by atoms with Crippen LogP contribution in [0.15, 0.2) is 23.8 Å². The number of esters is 1. The molecule has 4 aliphatic carbocycles. The van der Waals surface area contributed by atoms with Crippen molar-refractivity contribution < 1.29 is 9.53 Å². The highest BCUT2D eigenvalue weighted by atomic mass is 16.5. The van der Waals surface area contributed by atoms with Crippen LogP contribution < -0.4 is 0 Å². The van der Waals surface area contributed by atoms with Crippen LogP contribution in [-0.2, 0) is 9.53 Å². The molecule has 43 heavy (non-hydrogen) atoms. The molecule has 3 fully saturated rings. The van der Waals surface area contributed by atoms with Gasteiger partial charge in [-0.15, -0.1) is 0 Å². The van der Waals surface area contributed by atoms with Gasteiger partial charge in [-0.05, 0) is 117 Å². The van der Waals surface area contributed by atoms with Gasteiger partial charge in [-0.3, -0.25) is 4.79 Å². The monoisotopic (exact) mass is 595 g/mol. The fraction of sp³-hybridized carbons (Fsp3) is 0.878. The molecule has 0 aromatic carbocycles. The maximum absolute atomic E-state index is 12.7. The van der Waals surface area contributed by atoms with Crippen molar-refractivity contribution in [2.45, 2.75) is 182 Å². The van der Waals surface area contributed by atoms with Crippen LogP contribution in [0.2, 0.25) is 0 Å². The minimum atomic E-state index is 0.0506. The lowest BCUT2D eigenvalue weighted by molar-refractivity contribution is -0.151. The number of carbonyl (C=O) groups excluding carboxylic acids is 1. The molecule has 0 bridgehead atoms. The highest BCUT2D eigenvalue weighted by Crippen LogP contribution is 2.67. The van der Waals surface area contributed by atoms with Gasteiger partial charge in [0.15, 0.2) is 0 Å². The molecule has 0 aliphatic heterocycles. The Labute approximate surface area is 267 Å². The fourth-order valence-electron chi connectivity index (χ4n) is 10.6. The summed E-state index contributed by atoms with van der Waals surface area (Å²) in [6.07, 6.45) is 33.6. The number of carbonyl (C=O) groups is 1. The van der Waals surface area contributed by atoms with E-state index in [1.165, 1.54) is 103 Å². The molecule has 4 aliphatic rings. The number of rotatable bonds is 17. The van der Waals surface area contributed by atoms with Crippen LogP contribution in [0.1, 0.15) is 176 Å². The first-order valence-electron chi connectivity index (χ1n) is 19.2. The highest BCUT2D eigenvalue weighted by molar-refractivity contribution is 5.69. The quantitative estimate of drug-likeness (QED) is 0.0951. The van der Waals surface area contributed by atoms with E-state index in [0.29, 0.717) is 17.3 Å². The van der Waals surface area contributed by atoms with E-state index < -0.39 is 0 Å². The van der Waals surface area contributed by atoms with Gasteiger partial charge in [-0.1, -0.05) is 117 Å². The average molecular weight is 595 g/mol. The van der Waals surface area contributed by atoms with E-state index >= 15 is 0 Å². The summed E-state index contributed by atoms with van der Waals surface area (Å²) in [5, 5.41) is 0. The molecular weight excluding hydrogens is 524 g/mol. The zero-order valence-corrected chi connectivity index (χ0v) is 29.4. The molecule has 2 heteroatoms. The van der Waals surface area contributed by atoms with Crippen LogP contribution in [0.4, 0.5) is 0 Å². The molecule has 8 atom stereocenters. The highest BCUT2D eigenvalue weighted by Gasteiger charge is 2.59. The Morgan fingerprint density at radius 3 is 2.40 bits per heavy atom. The zero-order valence-electron chi connectivity index (χ0n) is 29.4. The predicted molar refractivity (Wildman–Crippen MR) is 184 cm³/mol. The van der Waals surface area contributed by atoms with Gasteiger partial charge in [0.1, 0.15) is 6.10 Å². The largest absolute Gasteiger partial charge is 0.462 e. The number of allylic oxidation sites excluding steroid dienone is 3. The Morgan fingerprint density at radius 2 is 1.63 bits per heavy atom. The van der Waals surface area contributed by atoms with Gasteiger partial charge < -0.3 is 4.74 Å². The van der Waals surface area contributed by atoms with Crippen LogP contribution in [0.3, 0.4) is 0 Å². The van der Waals surface area contributed by atoms with Gasteiger partial charge in [0.25, 0.3) is 0 Å². The third-order valence-electron chi connectivity index (χ3n) is 13.2. The lowest BCUT2D eigenvalue weighted by atomic mass is 9.47. The summed E-state index contributed by atoms with van der Waals surface area (Å²) in [6.45, 7) is 14.9. The third kappa shape index (κ3) is 8.82. The van der Waals surface area contributed by atoms with Gasteiger partial charge in [0.05, 0.1) is 0 Å². The third-order valence-corrected chi connectivity index (χ3v) is 13.2. The SMILES string of the molecule is CCCCC=CCCCCCCCC(=O)O[C@H]1CC[C@@]2(C)C(=CCC3C4CCC([C@H](C)CCCC(C)C)[C@@]4(C)CCC32)C1. The number of fused-ring (bicyclic) bond motifs is 5. The molecule has 0 saturated heterocycles. The molecule has 0 heterocycles. The lowest BCUT2D eigenvalue weighted by Crippen LogP contribution is -2.51. The summed E-state index contributed by atoms with van der Waals surface area (Å²) in [5.74, 6) is 5.32. The first-order chi connectivity index (χ1) is 20.7.